The summed E-state index contributed by atoms with van der Waals surface area (Å²) in [4.78, 5) is 16.1. The largest absolute Gasteiger partial charge is 0.467 e. The van der Waals surface area contributed by atoms with Crippen molar-refractivity contribution in [3.63, 3.8) is 0 Å². The van der Waals surface area contributed by atoms with Crippen molar-refractivity contribution in [2.75, 3.05) is 6.54 Å². The van der Waals surface area contributed by atoms with Crippen LogP contribution in [0.25, 0.3) is 0 Å². The molecule has 0 saturated heterocycles. The van der Waals surface area contributed by atoms with Crippen LogP contribution >= 0.6 is 0 Å². The van der Waals surface area contributed by atoms with Gasteiger partial charge in [0, 0.05) is 30.8 Å². The molecule has 1 unspecified atom stereocenters. The van der Waals surface area contributed by atoms with Crippen LogP contribution < -0.4 is 11.1 Å². The van der Waals surface area contributed by atoms with E-state index in [1.807, 2.05) is 24.3 Å². The molecule has 0 spiro atoms. The van der Waals surface area contributed by atoms with Gasteiger partial charge >= 0.3 is 0 Å². The van der Waals surface area contributed by atoms with Crippen molar-refractivity contribution in [1.29, 1.82) is 0 Å². The second-order valence-electron chi connectivity index (χ2n) is 4.25. The maximum absolute atomic E-state index is 11.8. The van der Waals surface area contributed by atoms with Crippen molar-refractivity contribution in [1.82, 2.24) is 10.3 Å². The highest BCUT2D eigenvalue weighted by molar-refractivity contribution is 5.76. The number of aromatic nitrogens is 1. The second-order valence-corrected chi connectivity index (χ2v) is 4.25. The normalized spacial score (nSPS) is 12.1. The molecule has 2 aromatic heterocycles. The summed E-state index contributed by atoms with van der Waals surface area (Å²) >= 11 is 0. The fraction of sp³-hybridized carbons (Fsp3) is 0.286. The highest BCUT2D eigenvalue weighted by Crippen LogP contribution is 2.15. The number of pyridine rings is 1. The molecular formula is C14H17N3O2. The first-order chi connectivity index (χ1) is 9.29. The number of furan rings is 1. The molecule has 100 valence electrons. The predicted octanol–water partition coefficient (Wildman–Crippen LogP) is 1.42. The minimum Gasteiger partial charge on any atom is -0.467 e. The molecule has 3 N–H and O–H groups in total. The summed E-state index contributed by atoms with van der Waals surface area (Å²) in [6.07, 6.45) is 3.62. The summed E-state index contributed by atoms with van der Waals surface area (Å²) in [5, 5.41) is 2.80. The first kappa shape index (κ1) is 13.3. The molecule has 2 aromatic rings. The number of hydrogen-bond acceptors (Lipinski definition) is 4. The predicted molar refractivity (Wildman–Crippen MR) is 71.2 cm³/mol. The summed E-state index contributed by atoms with van der Waals surface area (Å²) < 4.78 is 5.15. The minimum atomic E-state index is -0.0579. The summed E-state index contributed by atoms with van der Waals surface area (Å²) in [5.74, 6) is 0.616. The number of carbonyl (C=O) groups is 1. The van der Waals surface area contributed by atoms with E-state index in [0.29, 0.717) is 19.5 Å². The average molecular weight is 259 g/mol. The Morgan fingerprint density at radius 3 is 2.89 bits per heavy atom. The van der Waals surface area contributed by atoms with Gasteiger partial charge in [0.05, 0.1) is 12.8 Å². The zero-order valence-electron chi connectivity index (χ0n) is 10.6. The zero-order valence-corrected chi connectivity index (χ0v) is 10.6. The van der Waals surface area contributed by atoms with Gasteiger partial charge in [-0.05, 0) is 24.3 Å². The number of carbonyl (C=O) groups excluding carboxylic acids is 1. The Bertz CT molecular complexity index is 497. The van der Waals surface area contributed by atoms with Crippen LogP contribution in [-0.4, -0.2) is 17.4 Å². The van der Waals surface area contributed by atoms with Crippen LogP contribution in [0.2, 0.25) is 0 Å². The molecule has 5 heteroatoms. The van der Waals surface area contributed by atoms with Crippen LogP contribution in [0.4, 0.5) is 0 Å². The van der Waals surface area contributed by atoms with E-state index in [4.69, 9.17) is 10.2 Å². The van der Waals surface area contributed by atoms with Crippen LogP contribution in [0.15, 0.2) is 47.2 Å². The Morgan fingerprint density at radius 2 is 2.26 bits per heavy atom. The fourth-order valence-electron chi connectivity index (χ4n) is 1.82. The molecule has 0 radical (unpaired) electrons. The lowest BCUT2D eigenvalue weighted by atomic mass is 10.0. The number of nitrogens with one attached hydrogen (secondary N) is 1. The Balaban J connectivity index is 1.86. The Morgan fingerprint density at radius 1 is 1.37 bits per heavy atom. The van der Waals surface area contributed by atoms with Crippen molar-refractivity contribution >= 4 is 5.91 Å². The van der Waals surface area contributed by atoms with Crippen molar-refractivity contribution < 1.29 is 9.21 Å². The molecular weight excluding hydrogens is 242 g/mol. The number of amides is 1. The van der Waals surface area contributed by atoms with Gasteiger partial charge in [-0.2, -0.15) is 0 Å². The van der Waals surface area contributed by atoms with Gasteiger partial charge in [-0.3, -0.25) is 9.78 Å². The monoisotopic (exact) mass is 259 g/mol. The lowest BCUT2D eigenvalue weighted by molar-refractivity contribution is -0.121. The van der Waals surface area contributed by atoms with E-state index >= 15 is 0 Å². The summed E-state index contributed by atoms with van der Waals surface area (Å²) in [6, 6.07) is 9.23. The topological polar surface area (TPSA) is 81.2 Å². The first-order valence-corrected chi connectivity index (χ1v) is 6.19. The Kier molecular flexibility index (Phi) is 4.69. The molecule has 0 fully saturated rings. The smallest absolute Gasteiger partial charge is 0.221 e. The molecule has 2 rings (SSSR count). The molecule has 1 atom stereocenters. The van der Waals surface area contributed by atoms with E-state index in [1.165, 1.54) is 0 Å². The first-order valence-electron chi connectivity index (χ1n) is 6.19. The highest BCUT2D eigenvalue weighted by Gasteiger charge is 2.15. The van der Waals surface area contributed by atoms with Crippen molar-refractivity contribution in [2.24, 2.45) is 5.73 Å². The standard InChI is InChI=1S/C14H17N3O2/c15-9-11(13-5-1-2-6-16-13)8-14(18)17-10-12-4-3-7-19-12/h1-7,11H,8-10,15H2,(H,17,18). The van der Waals surface area contributed by atoms with Crippen LogP contribution in [0, 0.1) is 0 Å². The third-order valence-electron chi connectivity index (χ3n) is 2.86. The van der Waals surface area contributed by atoms with Gasteiger partial charge in [-0.1, -0.05) is 6.07 Å². The van der Waals surface area contributed by atoms with E-state index < -0.39 is 0 Å². The summed E-state index contributed by atoms with van der Waals surface area (Å²) in [5.41, 5.74) is 6.55. The maximum Gasteiger partial charge on any atom is 0.221 e. The highest BCUT2D eigenvalue weighted by atomic mass is 16.3. The molecule has 2 heterocycles. The average Bonchev–Trinajstić information content (AvgIpc) is 2.97. The van der Waals surface area contributed by atoms with Gasteiger partial charge < -0.3 is 15.5 Å². The third kappa shape index (κ3) is 3.93. The lowest BCUT2D eigenvalue weighted by Gasteiger charge is -2.13. The second kappa shape index (κ2) is 6.70. The maximum atomic E-state index is 11.8. The zero-order chi connectivity index (χ0) is 13.5. The number of nitrogens with two attached hydrogens (primary N) is 1. The SMILES string of the molecule is NCC(CC(=O)NCc1ccco1)c1ccccn1. The van der Waals surface area contributed by atoms with Crippen LogP contribution in [0.3, 0.4) is 0 Å². The van der Waals surface area contributed by atoms with Gasteiger partial charge in [0.1, 0.15) is 5.76 Å². The molecule has 1 amide bonds. The van der Waals surface area contributed by atoms with Crippen molar-refractivity contribution in [3.8, 4) is 0 Å². The molecule has 19 heavy (non-hydrogen) atoms. The third-order valence-corrected chi connectivity index (χ3v) is 2.86. The number of hydrogen-bond donors (Lipinski definition) is 2. The molecule has 0 aliphatic heterocycles. The number of rotatable bonds is 6. The van der Waals surface area contributed by atoms with Crippen LogP contribution in [0.5, 0.6) is 0 Å². The van der Waals surface area contributed by atoms with Gasteiger partial charge in [0.2, 0.25) is 5.91 Å². The van der Waals surface area contributed by atoms with Crippen LogP contribution in [-0.2, 0) is 11.3 Å². The van der Waals surface area contributed by atoms with Crippen molar-refractivity contribution in [3.05, 3.63) is 54.2 Å². The molecule has 0 aliphatic rings. The quantitative estimate of drug-likeness (QED) is 0.822. The van der Waals surface area contributed by atoms with E-state index in [9.17, 15) is 4.79 Å². The van der Waals surface area contributed by atoms with Gasteiger partial charge in [-0.25, -0.2) is 0 Å². The molecule has 0 aromatic carbocycles. The van der Waals surface area contributed by atoms with E-state index in [0.717, 1.165) is 11.5 Å². The van der Waals surface area contributed by atoms with Crippen LogP contribution in [0.1, 0.15) is 23.8 Å². The molecule has 5 nitrogen and oxygen atoms in total. The van der Waals surface area contributed by atoms with Gasteiger partial charge in [-0.15, -0.1) is 0 Å². The lowest BCUT2D eigenvalue weighted by Crippen LogP contribution is -2.27. The Hall–Kier alpha value is -2.14. The van der Waals surface area contributed by atoms with E-state index in [-0.39, 0.29) is 11.8 Å². The Labute approximate surface area is 111 Å². The summed E-state index contributed by atoms with van der Waals surface area (Å²) in [6.45, 7) is 0.788. The molecule has 0 aliphatic carbocycles. The molecule has 0 saturated carbocycles. The fourth-order valence-corrected chi connectivity index (χ4v) is 1.82. The van der Waals surface area contributed by atoms with Gasteiger partial charge in [0.15, 0.2) is 0 Å². The minimum absolute atomic E-state index is 0.0576. The van der Waals surface area contributed by atoms with E-state index in [2.05, 4.69) is 10.3 Å². The van der Waals surface area contributed by atoms with Gasteiger partial charge in [0.25, 0.3) is 0 Å². The number of nitrogens with zero attached hydrogens (tertiary/aromatic N) is 1. The van der Waals surface area contributed by atoms with E-state index in [1.54, 1.807) is 18.5 Å². The molecule has 0 bridgehead atoms. The summed E-state index contributed by atoms with van der Waals surface area (Å²) in [7, 11) is 0. The van der Waals surface area contributed by atoms with Crippen molar-refractivity contribution in [2.45, 2.75) is 18.9 Å².